The highest BCUT2D eigenvalue weighted by Crippen LogP contribution is 2.29. The molecular weight excluding hydrogens is 315 g/mol. The lowest BCUT2D eigenvalue weighted by Gasteiger charge is -2.12. The molecule has 0 saturated heterocycles. The maximum absolute atomic E-state index is 12.4. The van der Waals surface area contributed by atoms with Crippen molar-refractivity contribution in [1.29, 1.82) is 0 Å². The molecule has 2 rings (SSSR count). The van der Waals surface area contributed by atoms with E-state index in [-0.39, 0.29) is 6.61 Å². The minimum absolute atomic E-state index is 0.0672. The van der Waals surface area contributed by atoms with Crippen LogP contribution in [0.5, 0.6) is 0 Å². The predicted molar refractivity (Wildman–Crippen MR) is 72.7 cm³/mol. The van der Waals surface area contributed by atoms with Crippen LogP contribution in [0, 0.1) is 0 Å². The lowest BCUT2D eigenvalue weighted by Crippen LogP contribution is -2.37. The summed E-state index contributed by atoms with van der Waals surface area (Å²) in [5, 5.41) is 8.80. The Hall–Kier alpha value is -2.62. The second-order valence-corrected chi connectivity index (χ2v) is 4.65. The van der Waals surface area contributed by atoms with Crippen molar-refractivity contribution in [2.45, 2.75) is 25.7 Å². The van der Waals surface area contributed by atoms with Crippen LogP contribution in [0.4, 0.5) is 18.0 Å². The van der Waals surface area contributed by atoms with Crippen LogP contribution >= 0.6 is 0 Å². The van der Waals surface area contributed by atoms with Crippen molar-refractivity contribution in [1.82, 2.24) is 26.0 Å². The number of nitrogens with zero attached hydrogens (tertiary/aromatic N) is 2. The second-order valence-electron chi connectivity index (χ2n) is 4.65. The Morgan fingerprint density at radius 1 is 1.35 bits per heavy atom. The van der Waals surface area contributed by atoms with Gasteiger partial charge in [0.25, 0.3) is 0 Å². The number of rotatable bonds is 5. The minimum atomic E-state index is -4.38. The average molecular weight is 329 g/mol. The highest BCUT2D eigenvalue weighted by atomic mass is 19.4. The number of alkyl halides is 3. The van der Waals surface area contributed by atoms with Crippen LogP contribution in [0.3, 0.4) is 0 Å². The molecule has 0 fully saturated rings. The van der Waals surface area contributed by atoms with Gasteiger partial charge in [0.1, 0.15) is 12.2 Å². The van der Waals surface area contributed by atoms with Crippen LogP contribution in [0.15, 0.2) is 30.6 Å². The first kappa shape index (κ1) is 16.7. The first-order valence-corrected chi connectivity index (χ1v) is 6.56. The molecule has 2 amide bonds. The number of benzene rings is 1. The quantitative estimate of drug-likeness (QED) is 0.734. The molecular formula is C13H14F3N5O2. The third-order valence-corrected chi connectivity index (χ3v) is 2.88. The molecule has 124 valence electrons. The van der Waals surface area contributed by atoms with E-state index in [1.165, 1.54) is 18.5 Å². The Balaban J connectivity index is 1.75. The van der Waals surface area contributed by atoms with Crippen molar-refractivity contribution in [2.75, 3.05) is 0 Å². The Labute approximate surface area is 129 Å². The van der Waals surface area contributed by atoms with Crippen LogP contribution in [0.25, 0.3) is 0 Å². The number of carbonyl (C=O) groups is 1. The van der Waals surface area contributed by atoms with Crippen LogP contribution < -0.4 is 10.8 Å². The van der Waals surface area contributed by atoms with E-state index in [1.54, 1.807) is 6.92 Å². The smallest absolute Gasteiger partial charge is 0.327 e. The number of carbonyl (C=O) groups excluding carboxylic acids is 1. The fraction of sp³-hybridized carbons (Fsp3) is 0.308. The molecule has 23 heavy (non-hydrogen) atoms. The van der Waals surface area contributed by atoms with Gasteiger partial charge in [0.15, 0.2) is 0 Å². The van der Waals surface area contributed by atoms with Gasteiger partial charge in [-0.1, -0.05) is 12.1 Å². The summed E-state index contributed by atoms with van der Waals surface area (Å²) in [6, 6.07) is 3.43. The number of hydrogen-bond acceptors (Lipinski definition) is 4. The highest BCUT2D eigenvalue weighted by molar-refractivity contribution is 5.73. The van der Waals surface area contributed by atoms with E-state index in [0.717, 1.165) is 12.1 Å². The van der Waals surface area contributed by atoms with Gasteiger partial charge in [-0.2, -0.15) is 18.3 Å². The van der Waals surface area contributed by atoms with Gasteiger partial charge in [-0.25, -0.2) is 15.3 Å². The molecule has 1 aromatic carbocycles. The Morgan fingerprint density at radius 3 is 2.61 bits per heavy atom. The van der Waals surface area contributed by atoms with Crippen LogP contribution in [0.1, 0.15) is 29.9 Å². The number of aromatic nitrogens is 3. The van der Waals surface area contributed by atoms with Crippen molar-refractivity contribution in [3.63, 3.8) is 0 Å². The van der Waals surface area contributed by atoms with E-state index >= 15 is 0 Å². The van der Waals surface area contributed by atoms with Crippen molar-refractivity contribution < 1.29 is 22.8 Å². The normalized spacial score (nSPS) is 12.7. The summed E-state index contributed by atoms with van der Waals surface area (Å²) in [4.78, 5) is 20.4. The monoisotopic (exact) mass is 329 g/mol. The number of hydrogen-bond donors (Lipinski definition) is 3. The average Bonchev–Trinajstić information content (AvgIpc) is 3.01. The number of urea groups is 1. The van der Waals surface area contributed by atoms with E-state index in [2.05, 4.69) is 26.0 Å². The van der Waals surface area contributed by atoms with Gasteiger partial charge >= 0.3 is 12.2 Å². The number of nitrogens with one attached hydrogen (secondary N) is 3. The lowest BCUT2D eigenvalue weighted by molar-refractivity contribution is -0.137. The second kappa shape index (κ2) is 7.09. The molecule has 0 unspecified atom stereocenters. The van der Waals surface area contributed by atoms with Gasteiger partial charge in [-0.05, 0) is 24.6 Å². The third-order valence-electron chi connectivity index (χ3n) is 2.88. The lowest BCUT2D eigenvalue weighted by atomic mass is 10.1. The van der Waals surface area contributed by atoms with E-state index in [9.17, 15) is 18.0 Å². The minimum Gasteiger partial charge on any atom is -0.327 e. The molecule has 0 spiro atoms. The maximum atomic E-state index is 12.4. The first-order chi connectivity index (χ1) is 10.9. The zero-order valence-corrected chi connectivity index (χ0v) is 12.0. The molecule has 1 aromatic heterocycles. The van der Waals surface area contributed by atoms with E-state index in [0.29, 0.717) is 11.4 Å². The fourth-order valence-electron chi connectivity index (χ4n) is 1.69. The van der Waals surface area contributed by atoms with E-state index < -0.39 is 23.8 Å². The molecule has 2 aromatic rings. The topological polar surface area (TPSA) is 91.9 Å². The highest BCUT2D eigenvalue weighted by Gasteiger charge is 2.29. The van der Waals surface area contributed by atoms with Crippen molar-refractivity contribution in [3.05, 3.63) is 47.5 Å². The molecule has 7 nitrogen and oxygen atoms in total. The molecule has 1 atom stereocenters. The molecule has 10 heteroatoms. The van der Waals surface area contributed by atoms with Crippen molar-refractivity contribution >= 4 is 6.03 Å². The zero-order valence-electron chi connectivity index (χ0n) is 12.0. The summed E-state index contributed by atoms with van der Waals surface area (Å²) in [5.74, 6) is 0.475. The summed E-state index contributed by atoms with van der Waals surface area (Å²) < 4.78 is 37.2. The Morgan fingerprint density at radius 2 is 2.04 bits per heavy atom. The van der Waals surface area contributed by atoms with E-state index in [4.69, 9.17) is 4.84 Å². The van der Waals surface area contributed by atoms with Crippen LogP contribution in [0.2, 0.25) is 0 Å². The summed E-state index contributed by atoms with van der Waals surface area (Å²) in [5.41, 5.74) is 1.88. The fourth-order valence-corrected chi connectivity index (χ4v) is 1.69. The molecule has 0 aliphatic heterocycles. The summed E-state index contributed by atoms with van der Waals surface area (Å²) in [6.07, 6.45) is -3.07. The van der Waals surface area contributed by atoms with Crippen molar-refractivity contribution in [2.24, 2.45) is 0 Å². The Bertz CT molecular complexity index is 628. The molecule has 3 N–H and O–H groups in total. The van der Waals surface area contributed by atoms with Gasteiger partial charge in [-0.3, -0.25) is 9.94 Å². The summed E-state index contributed by atoms with van der Waals surface area (Å²) in [6.45, 7) is 1.62. The molecule has 0 radical (unpaired) electrons. The largest absolute Gasteiger partial charge is 0.416 e. The van der Waals surface area contributed by atoms with Gasteiger partial charge in [0.2, 0.25) is 0 Å². The molecule has 1 heterocycles. The molecule has 0 bridgehead atoms. The SMILES string of the molecule is C[C@H](NC(=O)NOCc1ccc(C(F)(F)F)cc1)c1ncn[nH]1. The standard InChI is InChI=1S/C13H14F3N5O2/c1-8(11-17-7-18-20-11)19-12(22)21-23-6-9-2-4-10(5-3-9)13(14,15)16/h2-5,7-8H,6H2,1H3,(H,17,18,20)(H2,19,21,22)/t8-/m0/s1. The number of H-pyrrole nitrogens is 1. The number of hydroxylamine groups is 1. The molecule has 0 aliphatic rings. The van der Waals surface area contributed by atoms with Crippen molar-refractivity contribution in [3.8, 4) is 0 Å². The maximum Gasteiger partial charge on any atom is 0.416 e. The van der Waals surface area contributed by atoms with Gasteiger partial charge in [-0.15, -0.1) is 0 Å². The van der Waals surface area contributed by atoms with Crippen LogP contribution in [-0.4, -0.2) is 21.2 Å². The number of aromatic amines is 1. The zero-order chi connectivity index (χ0) is 16.9. The third kappa shape index (κ3) is 4.95. The van der Waals surface area contributed by atoms with Crippen LogP contribution in [-0.2, 0) is 17.6 Å². The van der Waals surface area contributed by atoms with E-state index in [1.807, 2.05) is 0 Å². The van der Waals surface area contributed by atoms with Gasteiger partial charge in [0.05, 0.1) is 18.2 Å². The summed E-state index contributed by atoms with van der Waals surface area (Å²) >= 11 is 0. The number of amides is 2. The predicted octanol–water partition coefficient (Wildman–Crippen LogP) is 2.32. The van der Waals surface area contributed by atoms with Gasteiger partial charge in [0, 0.05) is 0 Å². The molecule has 0 saturated carbocycles. The van der Waals surface area contributed by atoms with Gasteiger partial charge < -0.3 is 5.32 Å². The first-order valence-electron chi connectivity index (χ1n) is 6.56. The molecule has 0 aliphatic carbocycles. The Kier molecular flexibility index (Phi) is 5.16. The summed E-state index contributed by atoms with van der Waals surface area (Å²) in [7, 11) is 0. The number of halogens is 3.